The lowest BCUT2D eigenvalue weighted by Crippen LogP contribution is -2.32. The van der Waals surface area contributed by atoms with Gasteiger partial charge >= 0.3 is 0 Å². The van der Waals surface area contributed by atoms with Crippen molar-refractivity contribution >= 4 is 23.2 Å². The van der Waals surface area contributed by atoms with Crippen LogP contribution < -0.4 is 15.4 Å². The molecule has 1 aliphatic heterocycles. The number of nitrogens with zero attached hydrogens (tertiary/aromatic N) is 5. The van der Waals surface area contributed by atoms with E-state index >= 15 is 0 Å². The maximum atomic E-state index is 13.0. The molecule has 2 N–H and O–H groups in total. The third-order valence-electron chi connectivity index (χ3n) is 5.68. The van der Waals surface area contributed by atoms with Gasteiger partial charge in [0.2, 0.25) is 0 Å². The summed E-state index contributed by atoms with van der Waals surface area (Å²) in [6.45, 7) is 0.934. The van der Waals surface area contributed by atoms with Crippen molar-refractivity contribution in [1.82, 2.24) is 30.0 Å². The van der Waals surface area contributed by atoms with E-state index in [0.29, 0.717) is 47.4 Å². The van der Waals surface area contributed by atoms with Gasteiger partial charge in [-0.1, -0.05) is 29.8 Å². The Bertz CT molecular complexity index is 1330. The summed E-state index contributed by atoms with van der Waals surface area (Å²) in [5.74, 6) is 1.87. The van der Waals surface area contributed by atoms with Crippen molar-refractivity contribution in [1.29, 1.82) is 0 Å². The number of carbonyl (C=O) groups is 1. The summed E-state index contributed by atoms with van der Waals surface area (Å²) in [6, 6.07) is 14.6. The highest BCUT2D eigenvalue weighted by atomic mass is 35.5. The average Bonchev–Trinajstić information content (AvgIpc) is 3.24. The van der Waals surface area contributed by atoms with Crippen LogP contribution in [0.4, 0.5) is 5.69 Å². The first-order chi connectivity index (χ1) is 16.6. The molecule has 0 aliphatic carbocycles. The van der Waals surface area contributed by atoms with Crippen LogP contribution >= 0.6 is 11.6 Å². The van der Waals surface area contributed by atoms with E-state index in [1.807, 2.05) is 41.9 Å². The Morgan fingerprint density at radius 2 is 2.09 bits per heavy atom. The number of amides is 1. The molecular formula is C24H22ClN7O2. The molecule has 0 radical (unpaired) electrons. The minimum atomic E-state index is -0.162. The van der Waals surface area contributed by atoms with Gasteiger partial charge in [0, 0.05) is 36.5 Å². The van der Waals surface area contributed by atoms with E-state index in [4.69, 9.17) is 16.3 Å². The first-order valence-electron chi connectivity index (χ1n) is 10.8. The number of benzene rings is 2. The van der Waals surface area contributed by atoms with Crippen molar-refractivity contribution in [2.45, 2.75) is 19.0 Å². The Hall–Kier alpha value is -3.98. The maximum Gasteiger partial charge on any atom is 0.251 e. The monoisotopic (exact) mass is 475 g/mol. The second-order valence-electron chi connectivity index (χ2n) is 7.85. The van der Waals surface area contributed by atoms with Crippen LogP contribution in [-0.4, -0.2) is 37.2 Å². The van der Waals surface area contributed by atoms with Gasteiger partial charge in [-0.05, 0) is 30.3 Å². The number of para-hydroxylation sites is 1. The molecule has 0 fully saturated rings. The van der Waals surface area contributed by atoms with E-state index in [0.717, 1.165) is 17.1 Å². The van der Waals surface area contributed by atoms with Crippen molar-refractivity contribution in [3.8, 4) is 17.3 Å². The average molecular weight is 476 g/mol. The molecule has 0 saturated heterocycles. The smallest absolute Gasteiger partial charge is 0.251 e. The van der Waals surface area contributed by atoms with E-state index in [-0.39, 0.29) is 11.9 Å². The quantitative estimate of drug-likeness (QED) is 0.437. The first-order valence-corrected chi connectivity index (χ1v) is 11.2. The van der Waals surface area contributed by atoms with Crippen LogP contribution in [0.2, 0.25) is 5.02 Å². The summed E-state index contributed by atoms with van der Waals surface area (Å²) < 4.78 is 7.57. The molecule has 172 valence electrons. The Balaban J connectivity index is 1.27. The van der Waals surface area contributed by atoms with E-state index in [9.17, 15) is 4.79 Å². The molecule has 1 amide bonds. The lowest BCUT2D eigenvalue weighted by atomic mass is 10.00. The van der Waals surface area contributed by atoms with E-state index in [1.54, 1.807) is 24.4 Å². The van der Waals surface area contributed by atoms with Gasteiger partial charge in [0.15, 0.2) is 11.6 Å². The topological polar surface area (TPSA) is 107 Å². The minimum Gasteiger partial charge on any atom is -0.492 e. The molecule has 4 aromatic rings. The van der Waals surface area contributed by atoms with Crippen LogP contribution in [0.3, 0.4) is 0 Å². The minimum absolute atomic E-state index is 0.161. The lowest BCUT2D eigenvalue weighted by Gasteiger charge is -2.27. The number of carbonyl (C=O) groups excluding carboxylic acids is 1. The number of fused-ring (bicyclic) bond motifs is 1. The van der Waals surface area contributed by atoms with Crippen molar-refractivity contribution < 1.29 is 9.53 Å². The number of nitrogens with one attached hydrogen (secondary N) is 2. The fourth-order valence-corrected chi connectivity index (χ4v) is 4.13. The Kier molecular flexibility index (Phi) is 6.09. The van der Waals surface area contributed by atoms with E-state index < -0.39 is 0 Å². The standard InChI is InChI=1S/C24H22ClN7O2/c1-32-21(30-31-23(32)20-8-10-26-14-28-20)13-27-16-5-2-4-15(12-16)24(33)29-19-9-11-34-22-17(19)6-3-7-18(22)25/h2-8,10,12,14,19,27H,9,11,13H2,1H3,(H,29,33)/t19-/m1/s1. The number of halogens is 1. The van der Waals surface area contributed by atoms with Crippen molar-refractivity contribution in [3.63, 3.8) is 0 Å². The molecule has 5 rings (SSSR count). The van der Waals surface area contributed by atoms with E-state index in [1.165, 1.54) is 6.33 Å². The number of hydrogen-bond acceptors (Lipinski definition) is 7. The number of anilines is 1. The molecule has 0 bridgehead atoms. The molecule has 3 heterocycles. The molecule has 0 unspecified atom stereocenters. The maximum absolute atomic E-state index is 13.0. The lowest BCUT2D eigenvalue weighted by molar-refractivity contribution is 0.0925. The number of hydrogen-bond donors (Lipinski definition) is 2. The Morgan fingerprint density at radius 1 is 1.21 bits per heavy atom. The van der Waals surface area contributed by atoms with E-state index in [2.05, 4.69) is 30.8 Å². The third kappa shape index (κ3) is 4.42. The van der Waals surface area contributed by atoms with Crippen molar-refractivity contribution in [2.75, 3.05) is 11.9 Å². The molecular weight excluding hydrogens is 454 g/mol. The van der Waals surface area contributed by atoms with Crippen molar-refractivity contribution in [2.24, 2.45) is 7.05 Å². The molecule has 1 atom stereocenters. The number of ether oxygens (including phenoxy) is 1. The molecule has 2 aromatic heterocycles. The summed E-state index contributed by atoms with van der Waals surface area (Å²) in [5.41, 5.74) is 2.95. The second-order valence-corrected chi connectivity index (χ2v) is 8.26. The largest absolute Gasteiger partial charge is 0.492 e. The van der Waals surface area contributed by atoms with Gasteiger partial charge in [-0.2, -0.15) is 0 Å². The fourth-order valence-electron chi connectivity index (χ4n) is 3.89. The summed E-state index contributed by atoms with van der Waals surface area (Å²) in [4.78, 5) is 21.2. The van der Waals surface area contributed by atoms with Gasteiger partial charge in [-0.3, -0.25) is 4.79 Å². The molecule has 1 aliphatic rings. The molecule has 34 heavy (non-hydrogen) atoms. The Labute approximate surface area is 201 Å². The van der Waals surface area contributed by atoms with Crippen LogP contribution in [0, 0.1) is 0 Å². The summed E-state index contributed by atoms with van der Waals surface area (Å²) in [6.07, 6.45) is 3.82. The van der Waals surface area contributed by atoms with Gasteiger partial charge in [-0.25, -0.2) is 9.97 Å². The van der Waals surface area contributed by atoms with Crippen LogP contribution in [0.25, 0.3) is 11.5 Å². The molecule has 10 heteroatoms. The van der Waals surface area contributed by atoms with Gasteiger partial charge in [-0.15, -0.1) is 10.2 Å². The first kappa shape index (κ1) is 21.8. The van der Waals surface area contributed by atoms with Gasteiger partial charge in [0.05, 0.1) is 24.2 Å². The second kappa shape index (κ2) is 9.48. The Morgan fingerprint density at radius 3 is 2.94 bits per heavy atom. The SMILES string of the molecule is Cn1c(CNc2cccc(C(=O)N[C@@H]3CCOc4c(Cl)cccc43)c2)nnc1-c1ccncn1. The van der Waals surface area contributed by atoms with Crippen LogP contribution in [-0.2, 0) is 13.6 Å². The van der Waals surface area contributed by atoms with Gasteiger partial charge in [0.25, 0.3) is 5.91 Å². The third-order valence-corrected chi connectivity index (χ3v) is 5.98. The predicted molar refractivity (Wildman–Crippen MR) is 128 cm³/mol. The zero-order valence-electron chi connectivity index (χ0n) is 18.4. The van der Waals surface area contributed by atoms with Gasteiger partial charge < -0.3 is 19.9 Å². The van der Waals surface area contributed by atoms with Crippen LogP contribution in [0.15, 0.2) is 61.1 Å². The predicted octanol–water partition coefficient (Wildman–Crippen LogP) is 3.79. The number of rotatable bonds is 6. The number of aromatic nitrogens is 5. The molecule has 0 spiro atoms. The van der Waals surface area contributed by atoms with Crippen molar-refractivity contribution in [3.05, 3.63) is 83.0 Å². The highest BCUT2D eigenvalue weighted by molar-refractivity contribution is 6.32. The zero-order chi connectivity index (χ0) is 23.5. The van der Waals surface area contributed by atoms with Crippen LogP contribution in [0.5, 0.6) is 5.75 Å². The molecule has 9 nitrogen and oxygen atoms in total. The normalized spacial score (nSPS) is 14.7. The summed E-state index contributed by atoms with van der Waals surface area (Å²) >= 11 is 6.25. The molecule has 0 saturated carbocycles. The summed E-state index contributed by atoms with van der Waals surface area (Å²) in [7, 11) is 1.89. The highest BCUT2D eigenvalue weighted by Gasteiger charge is 2.25. The fraction of sp³-hybridized carbons (Fsp3) is 0.208. The molecule has 2 aromatic carbocycles. The van der Waals surface area contributed by atoms with Crippen LogP contribution in [0.1, 0.15) is 34.2 Å². The summed E-state index contributed by atoms with van der Waals surface area (Å²) in [5, 5.41) is 15.5. The highest BCUT2D eigenvalue weighted by Crippen LogP contribution is 2.37. The van der Waals surface area contributed by atoms with Gasteiger partial charge in [0.1, 0.15) is 17.8 Å². The zero-order valence-corrected chi connectivity index (χ0v) is 19.2.